The van der Waals surface area contributed by atoms with Crippen LogP contribution in [0.2, 0.25) is 0 Å². The van der Waals surface area contributed by atoms with Gasteiger partial charge < -0.3 is 10.0 Å². The highest BCUT2D eigenvalue weighted by atomic mass is 16.3. The first-order valence-corrected chi connectivity index (χ1v) is 6.00. The summed E-state index contributed by atoms with van der Waals surface area (Å²) in [6, 6.07) is 4.44. The summed E-state index contributed by atoms with van der Waals surface area (Å²) in [7, 11) is 0. The zero-order valence-corrected chi connectivity index (χ0v) is 10.6. The average Bonchev–Trinajstić information content (AvgIpc) is 2.30. The lowest BCUT2D eigenvalue weighted by atomic mass is 10.2. The van der Waals surface area contributed by atoms with E-state index < -0.39 is 6.10 Å². The van der Waals surface area contributed by atoms with E-state index in [0.717, 1.165) is 24.3 Å². The highest BCUT2D eigenvalue weighted by molar-refractivity contribution is 5.45. The van der Waals surface area contributed by atoms with Crippen molar-refractivity contribution in [2.45, 2.75) is 46.3 Å². The summed E-state index contributed by atoms with van der Waals surface area (Å²) < 4.78 is 0. The fourth-order valence-corrected chi connectivity index (χ4v) is 1.78. The molecular formula is C13H22N2O. The Kier molecular flexibility index (Phi) is 4.74. The Morgan fingerprint density at radius 1 is 1.31 bits per heavy atom. The maximum Gasteiger partial charge on any atom is 0.0931 e. The zero-order valence-electron chi connectivity index (χ0n) is 10.6. The zero-order chi connectivity index (χ0) is 12.1. The minimum absolute atomic E-state index is 0.493. The number of nitrogens with zero attached hydrogens (tertiary/aromatic N) is 2. The molecule has 0 radical (unpaired) electrons. The molecule has 0 bridgehead atoms. The van der Waals surface area contributed by atoms with E-state index in [1.807, 2.05) is 18.3 Å². The summed E-state index contributed by atoms with van der Waals surface area (Å²) in [6.45, 7) is 9.25. The molecule has 0 saturated carbocycles. The molecular weight excluding hydrogens is 200 g/mol. The summed E-state index contributed by atoms with van der Waals surface area (Å²) in [5.41, 5.74) is 1.85. The minimum atomic E-state index is -0.493. The molecule has 0 spiro atoms. The van der Waals surface area contributed by atoms with Crippen LogP contribution in [0.4, 0.5) is 5.69 Å². The van der Waals surface area contributed by atoms with Crippen molar-refractivity contribution in [2.24, 2.45) is 0 Å². The van der Waals surface area contributed by atoms with Crippen molar-refractivity contribution in [1.29, 1.82) is 0 Å². The predicted molar refractivity (Wildman–Crippen MR) is 67.6 cm³/mol. The van der Waals surface area contributed by atoms with E-state index in [2.05, 4.69) is 30.7 Å². The molecule has 0 aliphatic carbocycles. The predicted octanol–water partition coefficient (Wildman–Crippen LogP) is 2.76. The standard InChI is InChI=1S/C13H22N2O/c1-5-10(3)15(6-2)12-7-8-13(11(4)16)14-9-12/h7-11,16H,5-6H2,1-4H3/t10?,11-/m0/s1. The van der Waals surface area contributed by atoms with Crippen LogP contribution >= 0.6 is 0 Å². The van der Waals surface area contributed by atoms with E-state index in [1.54, 1.807) is 6.92 Å². The Morgan fingerprint density at radius 2 is 2.00 bits per heavy atom. The molecule has 0 aliphatic heterocycles. The molecule has 1 aromatic rings. The van der Waals surface area contributed by atoms with E-state index in [4.69, 9.17) is 0 Å². The van der Waals surface area contributed by atoms with Gasteiger partial charge in [-0.2, -0.15) is 0 Å². The van der Waals surface area contributed by atoms with Crippen molar-refractivity contribution in [1.82, 2.24) is 4.98 Å². The number of hydrogen-bond donors (Lipinski definition) is 1. The molecule has 0 aliphatic rings. The van der Waals surface area contributed by atoms with Gasteiger partial charge >= 0.3 is 0 Å². The SMILES string of the molecule is CCC(C)N(CC)c1ccc([C@H](C)O)nc1. The van der Waals surface area contributed by atoms with Crippen LogP contribution in [0.3, 0.4) is 0 Å². The first-order valence-electron chi connectivity index (χ1n) is 6.00. The second kappa shape index (κ2) is 5.85. The summed E-state index contributed by atoms with van der Waals surface area (Å²) in [5, 5.41) is 9.39. The third-order valence-corrected chi connectivity index (χ3v) is 2.99. The molecule has 2 atom stereocenters. The van der Waals surface area contributed by atoms with Crippen molar-refractivity contribution >= 4 is 5.69 Å². The van der Waals surface area contributed by atoms with Crippen LogP contribution in [-0.4, -0.2) is 22.7 Å². The fraction of sp³-hybridized carbons (Fsp3) is 0.615. The van der Waals surface area contributed by atoms with Gasteiger partial charge in [0.15, 0.2) is 0 Å². The Morgan fingerprint density at radius 3 is 2.38 bits per heavy atom. The molecule has 1 unspecified atom stereocenters. The maximum atomic E-state index is 9.39. The van der Waals surface area contributed by atoms with Crippen molar-refractivity contribution in [3.63, 3.8) is 0 Å². The minimum Gasteiger partial charge on any atom is -0.387 e. The van der Waals surface area contributed by atoms with Gasteiger partial charge in [-0.3, -0.25) is 4.98 Å². The average molecular weight is 222 g/mol. The van der Waals surface area contributed by atoms with Gasteiger partial charge in [-0.1, -0.05) is 6.92 Å². The van der Waals surface area contributed by atoms with Crippen molar-refractivity contribution in [2.75, 3.05) is 11.4 Å². The maximum absolute atomic E-state index is 9.39. The smallest absolute Gasteiger partial charge is 0.0931 e. The van der Waals surface area contributed by atoms with Gasteiger partial charge in [-0.05, 0) is 39.3 Å². The highest BCUT2D eigenvalue weighted by Crippen LogP contribution is 2.19. The van der Waals surface area contributed by atoms with Gasteiger partial charge in [0.05, 0.1) is 23.7 Å². The van der Waals surface area contributed by atoms with Crippen LogP contribution in [0, 0.1) is 0 Å². The van der Waals surface area contributed by atoms with Crippen LogP contribution in [0.5, 0.6) is 0 Å². The number of pyridine rings is 1. The molecule has 0 aromatic carbocycles. The van der Waals surface area contributed by atoms with Gasteiger partial charge in [-0.15, -0.1) is 0 Å². The van der Waals surface area contributed by atoms with E-state index in [0.29, 0.717) is 6.04 Å². The monoisotopic (exact) mass is 222 g/mol. The molecule has 1 heterocycles. The second-order valence-electron chi connectivity index (χ2n) is 4.16. The lowest BCUT2D eigenvalue weighted by Gasteiger charge is -2.29. The summed E-state index contributed by atoms with van der Waals surface area (Å²) in [5.74, 6) is 0. The molecule has 3 nitrogen and oxygen atoms in total. The van der Waals surface area contributed by atoms with Gasteiger partial charge in [0.25, 0.3) is 0 Å². The molecule has 0 saturated heterocycles. The van der Waals surface area contributed by atoms with Crippen molar-refractivity contribution in [3.05, 3.63) is 24.0 Å². The Balaban J connectivity index is 2.86. The normalized spacial score (nSPS) is 14.6. The van der Waals surface area contributed by atoms with E-state index in [9.17, 15) is 5.11 Å². The van der Waals surface area contributed by atoms with Gasteiger partial charge in [-0.25, -0.2) is 0 Å². The first kappa shape index (κ1) is 13.0. The molecule has 16 heavy (non-hydrogen) atoms. The largest absolute Gasteiger partial charge is 0.387 e. The topological polar surface area (TPSA) is 36.4 Å². The Labute approximate surface area is 98.1 Å². The van der Waals surface area contributed by atoms with Crippen molar-refractivity contribution in [3.8, 4) is 0 Å². The Hall–Kier alpha value is -1.09. The fourth-order valence-electron chi connectivity index (χ4n) is 1.78. The number of anilines is 1. The third-order valence-electron chi connectivity index (χ3n) is 2.99. The van der Waals surface area contributed by atoms with Crippen molar-refractivity contribution < 1.29 is 5.11 Å². The lowest BCUT2D eigenvalue weighted by molar-refractivity contribution is 0.194. The van der Waals surface area contributed by atoms with Gasteiger partial charge in [0, 0.05) is 12.6 Å². The lowest BCUT2D eigenvalue weighted by Crippen LogP contribution is -2.32. The van der Waals surface area contributed by atoms with Crippen LogP contribution in [0.15, 0.2) is 18.3 Å². The summed E-state index contributed by atoms with van der Waals surface area (Å²) >= 11 is 0. The Bertz CT molecular complexity index is 308. The summed E-state index contributed by atoms with van der Waals surface area (Å²) in [6.07, 6.45) is 2.47. The molecule has 0 fully saturated rings. The van der Waals surface area contributed by atoms with Crippen LogP contribution < -0.4 is 4.90 Å². The molecule has 1 N–H and O–H groups in total. The number of aromatic nitrogens is 1. The summed E-state index contributed by atoms with van der Waals surface area (Å²) in [4.78, 5) is 6.59. The molecule has 1 rings (SSSR count). The van der Waals surface area contributed by atoms with E-state index >= 15 is 0 Å². The van der Waals surface area contributed by atoms with Crippen LogP contribution in [0.1, 0.15) is 45.9 Å². The van der Waals surface area contributed by atoms with E-state index in [-0.39, 0.29) is 0 Å². The number of rotatable bonds is 5. The van der Waals surface area contributed by atoms with Gasteiger partial charge in [0.1, 0.15) is 0 Å². The van der Waals surface area contributed by atoms with Crippen LogP contribution in [-0.2, 0) is 0 Å². The molecule has 1 aromatic heterocycles. The van der Waals surface area contributed by atoms with Crippen LogP contribution in [0.25, 0.3) is 0 Å². The first-order chi connectivity index (χ1) is 7.60. The van der Waals surface area contributed by atoms with Gasteiger partial charge in [0.2, 0.25) is 0 Å². The highest BCUT2D eigenvalue weighted by Gasteiger charge is 2.11. The quantitative estimate of drug-likeness (QED) is 0.832. The molecule has 3 heteroatoms. The molecule has 90 valence electrons. The number of hydrogen-bond acceptors (Lipinski definition) is 3. The number of aliphatic hydroxyl groups is 1. The van der Waals surface area contributed by atoms with E-state index in [1.165, 1.54) is 0 Å². The molecule has 0 amide bonds. The third kappa shape index (κ3) is 2.95. The number of aliphatic hydroxyl groups excluding tert-OH is 1. The second-order valence-corrected chi connectivity index (χ2v) is 4.16.